The summed E-state index contributed by atoms with van der Waals surface area (Å²) >= 11 is 0. The summed E-state index contributed by atoms with van der Waals surface area (Å²) in [4.78, 5) is 12.2. The summed E-state index contributed by atoms with van der Waals surface area (Å²) in [5.74, 6) is 0.816. The number of rotatable bonds is 11. The lowest BCUT2D eigenvalue weighted by molar-refractivity contribution is -0.120. The molecule has 0 saturated heterocycles. The molecule has 0 fully saturated rings. The average Bonchev–Trinajstić information content (AvgIpc) is 3.16. The first-order chi connectivity index (χ1) is 17.2. The molecule has 0 aliphatic carbocycles. The number of aromatic nitrogens is 1. The zero-order valence-electron chi connectivity index (χ0n) is 19.8. The number of azo groups is 1. The number of carbonyl (C=O) groups excluding carboxylic acids is 1. The molecule has 0 unspecified atom stereocenters. The second kappa shape index (κ2) is 11.8. The molecule has 0 aliphatic rings. The number of carbonyl (C=O) groups is 1. The van der Waals surface area contributed by atoms with Gasteiger partial charge in [0.05, 0.1) is 18.7 Å². The van der Waals surface area contributed by atoms with Gasteiger partial charge in [-0.05, 0) is 42.3 Å². The standard InChI is InChI=1S/C28H29N3O4/c1-2-3-9-18-34-23-16-14-21(15-17-23)19-31-25-13-8-7-12-24(25)27(28(31)33)30-29-26(32)20-35-22-10-5-4-6-11-22/h4-8,10-17,33H,2-3,9,18-20H2,1H3. The topological polar surface area (TPSA) is 85.4 Å². The molecule has 4 rings (SSSR count). The Hall–Kier alpha value is -4.13. The smallest absolute Gasteiger partial charge is 0.302 e. The Morgan fingerprint density at radius 3 is 2.37 bits per heavy atom. The average molecular weight is 472 g/mol. The van der Waals surface area contributed by atoms with Gasteiger partial charge in [-0.1, -0.05) is 68.3 Å². The van der Waals surface area contributed by atoms with Crippen LogP contribution < -0.4 is 9.47 Å². The van der Waals surface area contributed by atoms with Gasteiger partial charge in [0, 0.05) is 5.39 Å². The molecule has 0 radical (unpaired) electrons. The first-order valence-electron chi connectivity index (χ1n) is 11.8. The maximum Gasteiger partial charge on any atom is 0.302 e. The Morgan fingerprint density at radius 2 is 1.60 bits per heavy atom. The van der Waals surface area contributed by atoms with E-state index in [9.17, 15) is 9.90 Å². The molecule has 1 amide bonds. The Morgan fingerprint density at radius 1 is 0.886 bits per heavy atom. The van der Waals surface area contributed by atoms with Crippen molar-refractivity contribution in [1.82, 2.24) is 4.57 Å². The molecular formula is C28H29N3O4. The fraction of sp³-hybridized carbons (Fsp3) is 0.250. The van der Waals surface area contributed by atoms with Gasteiger partial charge in [0.25, 0.3) is 0 Å². The number of benzene rings is 3. The number of nitrogens with zero attached hydrogens (tertiary/aromatic N) is 3. The van der Waals surface area contributed by atoms with E-state index in [1.165, 1.54) is 0 Å². The van der Waals surface area contributed by atoms with Gasteiger partial charge in [0.15, 0.2) is 12.3 Å². The van der Waals surface area contributed by atoms with Gasteiger partial charge in [-0.15, -0.1) is 10.2 Å². The normalized spacial score (nSPS) is 11.2. The first kappa shape index (κ1) is 24.0. The molecule has 1 N–H and O–H groups in total. The van der Waals surface area contributed by atoms with Crippen molar-refractivity contribution in [2.24, 2.45) is 10.2 Å². The van der Waals surface area contributed by atoms with E-state index in [-0.39, 0.29) is 18.2 Å². The molecule has 3 aromatic carbocycles. The van der Waals surface area contributed by atoms with E-state index in [2.05, 4.69) is 17.2 Å². The van der Waals surface area contributed by atoms with Crippen LogP contribution in [0, 0.1) is 0 Å². The second-order valence-corrected chi connectivity index (χ2v) is 8.17. The van der Waals surface area contributed by atoms with E-state index in [4.69, 9.17) is 9.47 Å². The Bertz CT molecular complexity index is 1280. The molecule has 180 valence electrons. The van der Waals surface area contributed by atoms with Gasteiger partial charge >= 0.3 is 5.91 Å². The Balaban J connectivity index is 1.47. The summed E-state index contributed by atoms with van der Waals surface area (Å²) in [6.45, 7) is 3.07. The Kier molecular flexibility index (Phi) is 8.12. The molecular weight excluding hydrogens is 442 g/mol. The van der Waals surface area contributed by atoms with Crippen molar-refractivity contribution in [3.05, 3.63) is 84.4 Å². The van der Waals surface area contributed by atoms with Crippen LogP contribution in [0.25, 0.3) is 10.9 Å². The SMILES string of the molecule is CCCCCOc1ccc(Cn2c(O)c(N=NC(=O)COc3ccccc3)c3ccccc32)cc1. The van der Waals surface area contributed by atoms with E-state index in [1.54, 1.807) is 16.7 Å². The van der Waals surface area contributed by atoms with Gasteiger partial charge in [0.2, 0.25) is 5.88 Å². The van der Waals surface area contributed by atoms with E-state index >= 15 is 0 Å². The van der Waals surface area contributed by atoms with Crippen LogP contribution in [0.5, 0.6) is 17.4 Å². The Labute approximate surface area is 204 Å². The summed E-state index contributed by atoms with van der Waals surface area (Å²) in [5.41, 5.74) is 2.05. The van der Waals surface area contributed by atoms with Gasteiger partial charge in [-0.25, -0.2) is 0 Å². The summed E-state index contributed by atoms with van der Waals surface area (Å²) < 4.78 is 13.0. The highest BCUT2D eigenvalue weighted by Gasteiger charge is 2.17. The third-order valence-corrected chi connectivity index (χ3v) is 5.57. The highest BCUT2D eigenvalue weighted by atomic mass is 16.5. The lowest BCUT2D eigenvalue weighted by Gasteiger charge is -2.09. The van der Waals surface area contributed by atoms with Crippen LogP contribution in [0.15, 0.2) is 89.1 Å². The number of hydrogen-bond acceptors (Lipinski definition) is 5. The molecule has 7 nitrogen and oxygen atoms in total. The van der Waals surface area contributed by atoms with Crippen LogP contribution in [0.4, 0.5) is 5.69 Å². The van der Waals surface area contributed by atoms with Crippen LogP contribution in [-0.2, 0) is 11.3 Å². The van der Waals surface area contributed by atoms with Gasteiger partial charge in [-0.2, -0.15) is 0 Å². The summed E-state index contributed by atoms with van der Waals surface area (Å²) in [6, 6.07) is 24.4. The monoisotopic (exact) mass is 471 g/mol. The number of amides is 1. The van der Waals surface area contributed by atoms with Crippen LogP contribution >= 0.6 is 0 Å². The number of para-hydroxylation sites is 2. The lowest BCUT2D eigenvalue weighted by atomic mass is 10.2. The molecule has 0 saturated carbocycles. The molecule has 1 aromatic heterocycles. The predicted molar refractivity (Wildman–Crippen MR) is 136 cm³/mol. The van der Waals surface area contributed by atoms with Crippen molar-refractivity contribution < 1.29 is 19.4 Å². The predicted octanol–water partition coefficient (Wildman–Crippen LogP) is 6.65. The minimum atomic E-state index is -0.542. The second-order valence-electron chi connectivity index (χ2n) is 8.17. The molecule has 0 bridgehead atoms. The fourth-order valence-electron chi connectivity index (χ4n) is 3.74. The third-order valence-electron chi connectivity index (χ3n) is 5.57. The number of unbranched alkanes of at least 4 members (excludes halogenated alkanes) is 2. The maximum atomic E-state index is 12.2. The van der Waals surface area contributed by atoms with E-state index in [1.807, 2.05) is 66.7 Å². The summed E-state index contributed by atoms with van der Waals surface area (Å²) in [5, 5.41) is 19.5. The lowest BCUT2D eigenvalue weighted by Crippen LogP contribution is -2.07. The van der Waals surface area contributed by atoms with Gasteiger partial charge < -0.3 is 19.1 Å². The molecule has 35 heavy (non-hydrogen) atoms. The molecule has 0 aliphatic heterocycles. The zero-order chi connectivity index (χ0) is 24.5. The first-order valence-corrected chi connectivity index (χ1v) is 11.8. The van der Waals surface area contributed by atoms with Crippen LogP contribution in [0.3, 0.4) is 0 Å². The van der Waals surface area contributed by atoms with Crippen LogP contribution in [-0.4, -0.2) is 28.8 Å². The van der Waals surface area contributed by atoms with Crippen molar-refractivity contribution in [2.75, 3.05) is 13.2 Å². The number of hydrogen-bond donors (Lipinski definition) is 1. The van der Waals surface area contributed by atoms with Crippen LogP contribution in [0.1, 0.15) is 31.7 Å². The number of fused-ring (bicyclic) bond motifs is 1. The van der Waals surface area contributed by atoms with Crippen molar-refractivity contribution in [3.63, 3.8) is 0 Å². The van der Waals surface area contributed by atoms with Gasteiger partial charge in [0.1, 0.15) is 11.5 Å². The third kappa shape index (κ3) is 6.26. The van der Waals surface area contributed by atoms with Crippen molar-refractivity contribution in [2.45, 2.75) is 32.7 Å². The molecule has 1 heterocycles. The molecule has 7 heteroatoms. The van der Waals surface area contributed by atoms with E-state index in [0.717, 1.165) is 36.1 Å². The number of ether oxygens (including phenoxy) is 2. The van der Waals surface area contributed by atoms with E-state index < -0.39 is 5.91 Å². The van der Waals surface area contributed by atoms with Crippen LogP contribution in [0.2, 0.25) is 0 Å². The van der Waals surface area contributed by atoms with Crippen molar-refractivity contribution >= 4 is 22.5 Å². The molecule has 4 aromatic rings. The number of aromatic hydroxyl groups is 1. The minimum absolute atomic E-state index is 0.0494. The summed E-state index contributed by atoms with van der Waals surface area (Å²) in [6.07, 6.45) is 3.36. The summed E-state index contributed by atoms with van der Waals surface area (Å²) in [7, 11) is 0. The van der Waals surface area contributed by atoms with Crippen molar-refractivity contribution in [1.29, 1.82) is 0 Å². The molecule has 0 atom stereocenters. The maximum absolute atomic E-state index is 12.2. The fourth-order valence-corrected chi connectivity index (χ4v) is 3.74. The zero-order valence-corrected chi connectivity index (χ0v) is 19.8. The highest BCUT2D eigenvalue weighted by molar-refractivity contribution is 5.95. The minimum Gasteiger partial charge on any atom is -0.494 e. The van der Waals surface area contributed by atoms with E-state index in [0.29, 0.717) is 24.3 Å². The molecule has 0 spiro atoms. The van der Waals surface area contributed by atoms with Crippen molar-refractivity contribution in [3.8, 4) is 17.4 Å². The highest BCUT2D eigenvalue weighted by Crippen LogP contribution is 2.39. The largest absolute Gasteiger partial charge is 0.494 e. The quantitative estimate of drug-likeness (QED) is 0.196. The van der Waals surface area contributed by atoms with Gasteiger partial charge in [-0.3, -0.25) is 4.79 Å².